The van der Waals surface area contributed by atoms with Crippen molar-refractivity contribution >= 4 is 17.9 Å². The highest BCUT2D eigenvalue weighted by Crippen LogP contribution is 2.16. The predicted molar refractivity (Wildman–Crippen MR) is 108 cm³/mol. The molecule has 0 atom stereocenters. The Hall–Kier alpha value is -2.88. The van der Waals surface area contributed by atoms with Gasteiger partial charge in [0.25, 0.3) is 5.91 Å². The summed E-state index contributed by atoms with van der Waals surface area (Å²) in [5, 5.41) is 0. The third kappa shape index (κ3) is 4.85. The molecule has 1 aliphatic heterocycles. The van der Waals surface area contributed by atoms with Crippen LogP contribution in [0, 0.1) is 0 Å². The number of amides is 2. The van der Waals surface area contributed by atoms with Crippen LogP contribution in [0.4, 0.5) is 0 Å². The van der Waals surface area contributed by atoms with E-state index in [0.29, 0.717) is 37.7 Å². The second-order valence-corrected chi connectivity index (χ2v) is 7.14. The molecule has 1 heterocycles. The van der Waals surface area contributed by atoms with Gasteiger partial charge in [0.05, 0.1) is 0 Å². The van der Waals surface area contributed by atoms with Gasteiger partial charge in [-0.15, -0.1) is 0 Å². The average molecular weight is 362 g/mol. The topological polar surface area (TPSA) is 40.6 Å². The van der Waals surface area contributed by atoms with Crippen molar-refractivity contribution in [3.05, 3.63) is 77.4 Å². The highest BCUT2D eigenvalue weighted by molar-refractivity contribution is 5.95. The van der Waals surface area contributed by atoms with Crippen molar-refractivity contribution in [1.82, 2.24) is 9.80 Å². The van der Waals surface area contributed by atoms with Crippen molar-refractivity contribution < 1.29 is 9.59 Å². The zero-order valence-electron chi connectivity index (χ0n) is 16.0. The van der Waals surface area contributed by atoms with Crippen molar-refractivity contribution in [1.29, 1.82) is 0 Å². The Kier molecular flexibility index (Phi) is 6.07. The van der Waals surface area contributed by atoms with Gasteiger partial charge in [0, 0.05) is 37.8 Å². The van der Waals surface area contributed by atoms with Gasteiger partial charge < -0.3 is 9.80 Å². The summed E-state index contributed by atoms with van der Waals surface area (Å²) in [6.45, 7) is 6.53. The molecule has 0 bridgehead atoms. The third-order valence-electron chi connectivity index (χ3n) is 4.92. The summed E-state index contributed by atoms with van der Waals surface area (Å²) in [4.78, 5) is 28.7. The Morgan fingerprint density at radius 1 is 0.852 bits per heavy atom. The maximum atomic E-state index is 12.7. The van der Waals surface area contributed by atoms with Gasteiger partial charge in [0.1, 0.15) is 0 Å². The Morgan fingerprint density at radius 2 is 1.44 bits per heavy atom. The van der Waals surface area contributed by atoms with Crippen LogP contribution in [0.15, 0.2) is 60.7 Å². The van der Waals surface area contributed by atoms with Crippen molar-refractivity contribution in [2.75, 3.05) is 26.2 Å². The van der Waals surface area contributed by atoms with E-state index in [1.54, 1.807) is 11.0 Å². The SMILES string of the molecule is CC(C)c1ccc(C(=O)N2CCN(C(=O)/C=C/c3ccccc3)CC2)cc1. The lowest BCUT2D eigenvalue weighted by molar-refractivity contribution is -0.127. The first-order chi connectivity index (χ1) is 13.0. The minimum Gasteiger partial charge on any atom is -0.336 e. The van der Waals surface area contributed by atoms with Crippen LogP contribution in [0.2, 0.25) is 0 Å². The van der Waals surface area contributed by atoms with Crippen LogP contribution < -0.4 is 0 Å². The van der Waals surface area contributed by atoms with Gasteiger partial charge in [-0.25, -0.2) is 0 Å². The predicted octanol–water partition coefficient (Wildman–Crippen LogP) is 3.81. The molecule has 0 saturated carbocycles. The fourth-order valence-corrected chi connectivity index (χ4v) is 3.16. The lowest BCUT2D eigenvalue weighted by atomic mass is 10.0. The standard InChI is InChI=1S/C23H26N2O2/c1-18(2)20-9-11-21(12-10-20)23(27)25-16-14-24(15-17-25)22(26)13-8-19-6-4-3-5-7-19/h3-13,18H,14-17H2,1-2H3/b13-8+. The summed E-state index contributed by atoms with van der Waals surface area (Å²) >= 11 is 0. The lowest BCUT2D eigenvalue weighted by Gasteiger charge is -2.34. The summed E-state index contributed by atoms with van der Waals surface area (Å²) < 4.78 is 0. The van der Waals surface area contributed by atoms with E-state index in [1.165, 1.54) is 5.56 Å². The molecule has 0 aromatic heterocycles. The van der Waals surface area contributed by atoms with E-state index >= 15 is 0 Å². The minimum atomic E-state index is -0.00719. The summed E-state index contributed by atoms with van der Waals surface area (Å²) in [6.07, 6.45) is 3.44. The molecule has 140 valence electrons. The largest absolute Gasteiger partial charge is 0.336 e. The van der Waals surface area contributed by atoms with Gasteiger partial charge in [0.15, 0.2) is 0 Å². The van der Waals surface area contributed by atoms with Crippen LogP contribution in [0.1, 0.15) is 41.3 Å². The van der Waals surface area contributed by atoms with Gasteiger partial charge in [0.2, 0.25) is 5.91 Å². The molecule has 0 N–H and O–H groups in total. The van der Waals surface area contributed by atoms with Crippen LogP contribution in [0.25, 0.3) is 6.08 Å². The molecule has 1 fully saturated rings. The molecule has 3 rings (SSSR count). The molecule has 2 aromatic carbocycles. The fourth-order valence-electron chi connectivity index (χ4n) is 3.16. The van der Waals surface area contributed by atoms with E-state index in [9.17, 15) is 9.59 Å². The van der Waals surface area contributed by atoms with Gasteiger partial charge in [-0.1, -0.05) is 56.3 Å². The number of hydrogen-bond acceptors (Lipinski definition) is 2. The first-order valence-electron chi connectivity index (χ1n) is 9.46. The Balaban J connectivity index is 1.54. The van der Waals surface area contributed by atoms with E-state index in [0.717, 1.165) is 5.56 Å². The maximum absolute atomic E-state index is 12.7. The molecule has 27 heavy (non-hydrogen) atoms. The summed E-state index contributed by atoms with van der Waals surface area (Å²) in [6, 6.07) is 17.6. The van der Waals surface area contributed by atoms with Crippen molar-refractivity contribution in [3.63, 3.8) is 0 Å². The van der Waals surface area contributed by atoms with Gasteiger partial charge in [-0.2, -0.15) is 0 Å². The third-order valence-corrected chi connectivity index (χ3v) is 4.92. The van der Waals surface area contributed by atoms with Gasteiger partial charge in [-0.05, 0) is 35.3 Å². The molecule has 0 aliphatic carbocycles. The molecule has 0 spiro atoms. The van der Waals surface area contributed by atoms with Crippen LogP contribution in [-0.4, -0.2) is 47.8 Å². The zero-order valence-corrected chi connectivity index (χ0v) is 16.0. The molecule has 0 unspecified atom stereocenters. The smallest absolute Gasteiger partial charge is 0.253 e. The molecular formula is C23H26N2O2. The van der Waals surface area contributed by atoms with Crippen molar-refractivity contribution in [2.45, 2.75) is 19.8 Å². The van der Waals surface area contributed by atoms with E-state index in [4.69, 9.17) is 0 Å². The molecule has 0 radical (unpaired) electrons. The maximum Gasteiger partial charge on any atom is 0.253 e. The normalized spacial score (nSPS) is 14.8. The summed E-state index contributed by atoms with van der Waals surface area (Å²) in [7, 11) is 0. The summed E-state index contributed by atoms with van der Waals surface area (Å²) in [5.74, 6) is 0.483. The molecule has 1 saturated heterocycles. The van der Waals surface area contributed by atoms with Crippen LogP contribution in [0.5, 0.6) is 0 Å². The molecule has 1 aliphatic rings. The average Bonchev–Trinajstić information content (AvgIpc) is 2.72. The summed E-state index contributed by atoms with van der Waals surface area (Å²) in [5.41, 5.74) is 2.94. The van der Waals surface area contributed by atoms with E-state index < -0.39 is 0 Å². The molecule has 4 heteroatoms. The monoisotopic (exact) mass is 362 g/mol. The first kappa shape index (κ1) is 18.9. The Labute approximate surface area is 161 Å². The number of nitrogens with zero attached hydrogens (tertiary/aromatic N) is 2. The number of benzene rings is 2. The molecule has 4 nitrogen and oxygen atoms in total. The second kappa shape index (κ2) is 8.67. The highest BCUT2D eigenvalue weighted by atomic mass is 16.2. The Bertz CT molecular complexity index is 802. The van der Waals surface area contributed by atoms with E-state index in [-0.39, 0.29) is 11.8 Å². The number of piperazine rings is 1. The quantitative estimate of drug-likeness (QED) is 0.776. The van der Waals surface area contributed by atoms with Crippen molar-refractivity contribution in [2.24, 2.45) is 0 Å². The van der Waals surface area contributed by atoms with E-state index in [2.05, 4.69) is 13.8 Å². The first-order valence-corrected chi connectivity index (χ1v) is 9.46. The van der Waals surface area contributed by atoms with Gasteiger partial charge >= 0.3 is 0 Å². The van der Waals surface area contributed by atoms with Crippen LogP contribution in [-0.2, 0) is 4.79 Å². The highest BCUT2D eigenvalue weighted by Gasteiger charge is 2.23. The number of hydrogen-bond donors (Lipinski definition) is 0. The fraction of sp³-hybridized carbons (Fsp3) is 0.304. The number of carbonyl (C=O) groups is 2. The molecule has 2 aromatic rings. The second-order valence-electron chi connectivity index (χ2n) is 7.14. The number of carbonyl (C=O) groups excluding carboxylic acids is 2. The van der Waals surface area contributed by atoms with Gasteiger partial charge in [-0.3, -0.25) is 9.59 Å². The molecular weight excluding hydrogens is 336 g/mol. The van der Waals surface area contributed by atoms with Crippen molar-refractivity contribution in [3.8, 4) is 0 Å². The van der Waals surface area contributed by atoms with E-state index in [1.807, 2.05) is 65.6 Å². The van der Waals surface area contributed by atoms with Crippen LogP contribution >= 0.6 is 0 Å². The molecule has 2 amide bonds. The number of rotatable bonds is 4. The minimum absolute atomic E-state index is 0.00719. The zero-order chi connectivity index (χ0) is 19.2. The Morgan fingerprint density at radius 3 is 2.04 bits per heavy atom. The van der Waals surface area contributed by atoms with Crippen LogP contribution in [0.3, 0.4) is 0 Å². The lowest BCUT2D eigenvalue weighted by Crippen LogP contribution is -2.50.